The molecule has 0 bridgehead atoms. The summed E-state index contributed by atoms with van der Waals surface area (Å²) in [4.78, 5) is 12.4. The van der Waals surface area contributed by atoms with Crippen molar-refractivity contribution in [2.75, 3.05) is 11.9 Å². The summed E-state index contributed by atoms with van der Waals surface area (Å²) in [5.74, 6) is 0.518. The molecule has 2 amide bonds. The van der Waals surface area contributed by atoms with Gasteiger partial charge in [-0.05, 0) is 50.8 Å². The summed E-state index contributed by atoms with van der Waals surface area (Å²) in [6.07, 6.45) is 5.14. The number of carbonyl (C=O) groups excluding carboxylic acids is 1. The van der Waals surface area contributed by atoms with Crippen LogP contribution < -0.4 is 16.0 Å². The molecule has 3 fully saturated rings. The molecule has 2 aliphatic carbocycles. The van der Waals surface area contributed by atoms with Crippen molar-refractivity contribution in [1.82, 2.24) is 10.6 Å². The summed E-state index contributed by atoms with van der Waals surface area (Å²) in [6.45, 7) is 5.64. The van der Waals surface area contributed by atoms with Crippen molar-refractivity contribution in [2.24, 2.45) is 11.3 Å². The zero-order chi connectivity index (χ0) is 17.4. The highest BCUT2D eigenvalue weighted by Gasteiger charge is 2.66. The van der Waals surface area contributed by atoms with Gasteiger partial charge in [-0.1, -0.05) is 18.6 Å². The molecule has 1 aromatic carbocycles. The van der Waals surface area contributed by atoms with Crippen molar-refractivity contribution >= 4 is 11.7 Å². The molecule has 3 aliphatic rings. The molecule has 1 aromatic rings. The van der Waals surface area contributed by atoms with Crippen LogP contribution in [0.4, 0.5) is 10.5 Å². The molecule has 4 rings (SSSR count). The van der Waals surface area contributed by atoms with E-state index in [0.29, 0.717) is 30.7 Å². The molecule has 1 saturated heterocycles. The van der Waals surface area contributed by atoms with Crippen LogP contribution in [0.5, 0.6) is 0 Å². The van der Waals surface area contributed by atoms with Gasteiger partial charge in [-0.2, -0.15) is 0 Å². The number of hydrogen-bond donors (Lipinski definition) is 3. The molecule has 1 spiro atoms. The Bertz CT molecular complexity index is 642. The molecule has 25 heavy (non-hydrogen) atoms. The molecule has 136 valence electrons. The lowest BCUT2D eigenvalue weighted by Crippen LogP contribution is -2.72. The highest BCUT2D eigenvalue weighted by molar-refractivity contribution is 5.74. The lowest BCUT2D eigenvalue weighted by atomic mass is 9.46. The maximum absolute atomic E-state index is 12.4. The maximum Gasteiger partial charge on any atom is 0.315 e. The van der Waals surface area contributed by atoms with Crippen LogP contribution in [0.25, 0.3) is 0 Å². The summed E-state index contributed by atoms with van der Waals surface area (Å²) in [6, 6.07) is 8.85. The second kappa shape index (κ2) is 6.52. The minimum Gasteiger partial charge on any atom is -0.383 e. The molecule has 0 unspecified atom stereocenters. The Morgan fingerprint density at radius 3 is 2.92 bits per heavy atom. The number of nitrogens with one attached hydrogen (secondary N) is 3. The summed E-state index contributed by atoms with van der Waals surface area (Å²) in [7, 11) is 0. The Balaban J connectivity index is 1.31. The van der Waals surface area contributed by atoms with Gasteiger partial charge in [-0.3, -0.25) is 0 Å². The van der Waals surface area contributed by atoms with Crippen LogP contribution in [0.2, 0.25) is 0 Å². The minimum atomic E-state index is -0.0520. The molecule has 0 radical (unpaired) electrons. The number of ether oxygens (including phenoxy) is 1. The van der Waals surface area contributed by atoms with Gasteiger partial charge in [0.25, 0.3) is 0 Å². The van der Waals surface area contributed by atoms with Crippen LogP contribution in [0, 0.1) is 11.3 Å². The fourth-order valence-electron chi connectivity index (χ4n) is 4.93. The average Bonchev–Trinajstić information content (AvgIpc) is 2.94. The van der Waals surface area contributed by atoms with Gasteiger partial charge in [0.05, 0.1) is 6.10 Å². The standard InChI is InChI=1S/C20H29N3O2/c1-13(2)22-15-6-3-5-14(11-15)12-21-19(24)23-17-16-7-10-25-18(16)20(17)8-4-9-20/h3,5-6,11,13,16-18,22H,4,7-10,12H2,1-2H3,(H2,21,23,24)/t16-,17-,18+/m1/s1. The molecule has 3 N–H and O–H groups in total. The van der Waals surface area contributed by atoms with Gasteiger partial charge in [-0.25, -0.2) is 4.79 Å². The third kappa shape index (κ3) is 2.99. The normalized spacial score (nSPS) is 28.8. The van der Waals surface area contributed by atoms with Gasteiger partial charge in [0.1, 0.15) is 0 Å². The van der Waals surface area contributed by atoms with E-state index >= 15 is 0 Å². The quantitative estimate of drug-likeness (QED) is 0.769. The van der Waals surface area contributed by atoms with E-state index in [1.54, 1.807) is 0 Å². The first-order chi connectivity index (χ1) is 12.1. The molecular formula is C20H29N3O2. The molecule has 0 aromatic heterocycles. The van der Waals surface area contributed by atoms with Crippen molar-refractivity contribution in [3.8, 4) is 0 Å². The van der Waals surface area contributed by atoms with E-state index in [-0.39, 0.29) is 11.4 Å². The highest BCUT2D eigenvalue weighted by atomic mass is 16.5. The first kappa shape index (κ1) is 16.7. The van der Waals surface area contributed by atoms with E-state index in [1.165, 1.54) is 19.3 Å². The second-order valence-corrected chi connectivity index (χ2v) is 8.13. The number of anilines is 1. The zero-order valence-electron chi connectivity index (χ0n) is 15.2. The van der Waals surface area contributed by atoms with E-state index in [2.05, 4.69) is 41.9 Å². The van der Waals surface area contributed by atoms with Crippen LogP contribution in [0.1, 0.15) is 45.1 Å². The molecule has 1 aliphatic heterocycles. The van der Waals surface area contributed by atoms with Crippen LogP contribution in [0.15, 0.2) is 24.3 Å². The van der Waals surface area contributed by atoms with E-state index in [0.717, 1.165) is 24.3 Å². The third-order valence-corrected chi connectivity index (χ3v) is 6.16. The summed E-state index contributed by atoms with van der Waals surface area (Å²) >= 11 is 0. The largest absolute Gasteiger partial charge is 0.383 e. The number of carbonyl (C=O) groups is 1. The second-order valence-electron chi connectivity index (χ2n) is 8.13. The third-order valence-electron chi connectivity index (χ3n) is 6.16. The van der Waals surface area contributed by atoms with Crippen molar-refractivity contribution < 1.29 is 9.53 Å². The number of fused-ring (bicyclic) bond motifs is 2. The summed E-state index contributed by atoms with van der Waals surface area (Å²) in [5.41, 5.74) is 2.43. The average molecular weight is 343 g/mol. The Kier molecular flexibility index (Phi) is 4.36. The molecule has 5 heteroatoms. The van der Waals surface area contributed by atoms with Gasteiger partial charge in [0, 0.05) is 42.3 Å². The maximum atomic E-state index is 12.4. The van der Waals surface area contributed by atoms with Crippen molar-refractivity contribution in [1.29, 1.82) is 0 Å². The van der Waals surface area contributed by atoms with Gasteiger partial charge >= 0.3 is 6.03 Å². The molecular weight excluding hydrogens is 314 g/mol. The lowest BCUT2D eigenvalue weighted by molar-refractivity contribution is -0.172. The van der Waals surface area contributed by atoms with E-state index < -0.39 is 0 Å². The fourth-order valence-corrected chi connectivity index (χ4v) is 4.93. The SMILES string of the molecule is CC(C)Nc1cccc(CNC(=O)N[C@@H]2[C@H]3CCO[C@@H]3C23CCC3)c1. The Morgan fingerprint density at radius 2 is 2.20 bits per heavy atom. The first-order valence-corrected chi connectivity index (χ1v) is 9.60. The van der Waals surface area contributed by atoms with Crippen LogP contribution in [-0.4, -0.2) is 30.8 Å². The van der Waals surface area contributed by atoms with E-state index in [9.17, 15) is 4.79 Å². The number of amides is 2. The van der Waals surface area contributed by atoms with Crippen LogP contribution >= 0.6 is 0 Å². The Morgan fingerprint density at radius 1 is 1.36 bits per heavy atom. The first-order valence-electron chi connectivity index (χ1n) is 9.60. The Labute approximate surface area is 149 Å². The van der Waals surface area contributed by atoms with E-state index in [1.807, 2.05) is 12.1 Å². The van der Waals surface area contributed by atoms with Gasteiger partial charge in [0.2, 0.25) is 0 Å². The smallest absolute Gasteiger partial charge is 0.315 e. The zero-order valence-corrected chi connectivity index (χ0v) is 15.2. The van der Waals surface area contributed by atoms with Crippen LogP contribution in [0.3, 0.4) is 0 Å². The minimum absolute atomic E-state index is 0.0520. The number of rotatable bonds is 5. The molecule has 2 saturated carbocycles. The van der Waals surface area contributed by atoms with Gasteiger partial charge in [0.15, 0.2) is 0 Å². The number of benzene rings is 1. The molecule has 5 nitrogen and oxygen atoms in total. The lowest BCUT2D eigenvalue weighted by Gasteiger charge is -2.63. The van der Waals surface area contributed by atoms with Crippen molar-refractivity contribution in [2.45, 2.75) is 64.3 Å². The highest BCUT2D eigenvalue weighted by Crippen LogP contribution is 2.62. The van der Waals surface area contributed by atoms with Crippen LogP contribution in [-0.2, 0) is 11.3 Å². The summed E-state index contributed by atoms with van der Waals surface area (Å²) in [5, 5.41) is 9.67. The van der Waals surface area contributed by atoms with E-state index in [4.69, 9.17) is 4.74 Å². The molecule has 3 atom stereocenters. The Hall–Kier alpha value is -1.75. The fraction of sp³-hybridized carbons (Fsp3) is 0.650. The number of urea groups is 1. The predicted molar refractivity (Wildman–Crippen MR) is 98.5 cm³/mol. The number of hydrogen-bond acceptors (Lipinski definition) is 3. The van der Waals surface area contributed by atoms with Gasteiger partial charge in [-0.15, -0.1) is 0 Å². The predicted octanol–water partition coefficient (Wildman–Crippen LogP) is 3.26. The topological polar surface area (TPSA) is 62.4 Å². The van der Waals surface area contributed by atoms with Crippen molar-refractivity contribution in [3.63, 3.8) is 0 Å². The van der Waals surface area contributed by atoms with Gasteiger partial charge < -0.3 is 20.7 Å². The van der Waals surface area contributed by atoms with Crippen molar-refractivity contribution in [3.05, 3.63) is 29.8 Å². The molecule has 1 heterocycles. The summed E-state index contributed by atoms with van der Waals surface area (Å²) < 4.78 is 5.92. The monoisotopic (exact) mass is 343 g/mol.